The molecular formula is C33H41ClF4N4O5S. The van der Waals surface area contributed by atoms with Crippen LogP contribution in [0.1, 0.15) is 67.6 Å². The average molecular weight is 717 g/mol. The highest BCUT2D eigenvalue weighted by atomic mass is 35.5. The second-order valence-electron chi connectivity index (χ2n) is 13.1. The quantitative estimate of drug-likeness (QED) is 0.309. The molecule has 2 aliphatic heterocycles. The summed E-state index contributed by atoms with van der Waals surface area (Å²) in [5.74, 6) is -3.63. The fourth-order valence-electron chi connectivity index (χ4n) is 7.57. The van der Waals surface area contributed by atoms with Crippen LogP contribution in [-0.4, -0.2) is 79.8 Å². The third-order valence-electron chi connectivity index (χ3n) is 10.1. The van der Waals surface area contributed by atoms with Crippen molar-refractivity contribution in [1.82, 2.24) is 19.9 Å². The Balaban J connectivity index is 1.41. The smallest absolute Gasteiger partial charge is 0.407 e. The third-order valence-corrected chi connectivity index (χ3v) is 12.3. The second kappa shape index (κ2) is 15.4. The highest BCUT2D eigenvalue weighted by molar-refractivity contribution is 7.89. The monoisotopic (exact) mass is 716 g/mol. The molecule has 5 atom stereocenters. The lowest BCUT2D eigenvalue weighted by Crippen LogP contribution is -2.57. The highest BCUT2D eigenvalue weighted by Crippen LogP contribution is 2.45. The zero-order valence-electron chi connectivity index (χ0n) is 26.6. The number of nitrogens with one attached hydrogen (secondary N) is 2. The fourth-order valence-corrected chi connectivity index (χ4v) is 9.50. The molecule has 9 nitrogen and oxygen atoms in total. The number of alkyl carbamates (subject to hydrolysis) is 1. The number of methoxy groups -OCH3 is 1. The minimum Gasteiger partial charge on any atom is -0.453 e. The van der Waals surface area contributed by atoms with E-state index in [-0.39, 0.29) is 67.4 Å². The summed E-state index contributed by atoms with van der Waals surface area (Å²) in [6.45, 7) is 0.782. The van der Waals surface area contributed by atoms with Gasteiger partial charge in [0.05, 0.1) is 31.0 Å². The molecule has 264 valence electrons. The Morgan fingerprint density at radius 3 is 2.50 bits per heavy atom. The highest BCUT2D eigenvalue weighted by Gasteiger charge is 2.45. The number of halogens is 5. The van der Waals surface area contributed by atoms with Gasteiger partial charge in [-0.2, -0.15) is 17.5 Å². The van der Waals surface area contributed by atoms with Crippen molar-refractivity contribution in [3.8, 4) is 0 Å². The number of hydrogen-bond acceptors (Lipinski definition) is 7. The number of carbonyl (C=O) groups excluding carboxylic acids is 2. The summed E-state index contributed by atoms with van der Waals surface area (Å²) in [5.41, 5.74) is 1.12. The van der Waals surface area contributed by atoms with Crippen LogP contribution in [0.5, 0.6) is 0 Å². The molecule has 1 saturated carbocycles. The Bertz CT molecular complexity index is 1550. The van der Waals surface area contributed by atoms with Crippen molar-refractivity contribution in [2.24, 2.45) is 11.8 Å². The van der Waals surface area contributed by atoms with Crippen molar-refractivity contribution < 1.29 is 40.3 Å². The first kappa shape index (κ1) is 36.5. The minimum atomic E-state index is -4.33. The van der Waals surface area contributed by atoms with Gasteiger partial charge in [0.25, 0.3) is 0 Å². The van der Waals surface area contributed by atoms with E-state index >= 15 is 4.39 Å². The van der Waals surface area contributed by atoms with Gasteiger partial charge in [-0.1, -0.05) is 23.7 Å². The lowest BCUT2D eigenvalue weighted by molar-refractivity contribution is -0.184. The SMILES string of the molecule is COC(=O)N[C@H](C(=O)Cc1cncc(F)c1CC[C@H]1CN[C@@H]2CCCS(=O)(=O)N1C2)[C@@H](c1ccc(Cl)cc1)C1CCC(C(F)(F)F)CC1. The van der Waals surface area contributed by atoms with Crippen LogP contribution in [0.2, 0.25) is 5.02 Å². The van der Waals surface area contributed by atoms with Gasteiger partial charge < -0.3 is 15.4 Å². The number of aromatic nitrogens is 1. The van der Waals surface area contributed by atoms with Crippen molar-refractivity contribution in [1.29, 1.82) is 0 Å². The molecule has 2 N–H and O–H groups in total. The van der Waals surface area contributed by atoms with Crippen molar-refractivity contribution in [3.05, 3.63) is 64.2 Å². The summed E-state index contributed by atoms with van der Waals surface area (Å²) in [5, 5.41) is 6.46. The van der Waals surface area contributed by atoms with Crippen molar-refractivity contribution in [2.75, 3.05) is 26.0 Å². The molecule has 0 spiro atoms. The maximum Gasteiger partial charge on any atom is 0.407 e. The Kier molecular flexibility index (Phi) is 11.7. The molecule has 1 aromatic carbocycles. The Hall–Kier alpha value is -2.81. The van der Waals surface area contributed by atoms with Gasteiger partial charge in [0.15, 0.2) is 5.78 Å². The van der Waals surface area contributed by atoms with Gasteiger partial charge in [0, 0.05) is 48.7 Å². The van der Waals surface area contributed by atoms with Gasteiger partial charge in [-0.15, -0.1) is 0 Å². The van der Waals surface area contributed by atoms with Gasteiger partial charge >= 0.3 is 12.3 Å². The molecular weight excluding hydrogens is 676 g/mol. The number of pyridine rings is 1. The summed E-state index contributed by atoms with van der Waals surface area (Å²) in [6, 6.07) is 5.08. The molecule has 48 heavy (non-hydrogen) atoms. The van der Waals surface area contributed by atoms with Crippen LogP contribution in [0.4, 0.5) is 22.4 Å². The molecule has 3 fully saturated rings. The second-order valence-corrected chi connectivity index (χ2v) is 15.5. The van der Waals surface area contributed by atoms with Crippen LogP contribution in [0.25, 0.3) is 0 Å². The lowest BCUT2D eigenvalue weighted by Gasteiger charge is -2.38. The van der Waals surface area contributed by atoms with Crippen LogP contribution in [-0.2, 0) is 32.4 Å². The standard InChI is InChI=1S/C33H41ClF4N4O5S/c1-47-32(44)41-31(30(21-6-10-24(34)11-7-21)20-4-8-23(9-5-20)33(36,37)38)29(43)15-22-16-39-18-28(35)27(22)13-12-26-17-40-25-3-2-14-48(45,46)42(26)19-25/h6-7,10-11,16,18,20,23,25-26,30-31,40H,2-5,8-9,12-15,17,19H2,1H3,(H,41,44)/t20?,23?,25-,26+,30-,31-/m1/s1. The Labute approximate surface area is 283 Å². The number of fused-ring (bicyclic) bond motifs is 2. The van der Waals surface area contributed by atoms with E-state index in [1.165, 1.54) is 10.5 Å². The number of sulfonamides is 1. The number of nitrogens with zero attached hydrogens (tertiary/aromatic N) is 2. The number of rotatable bonds is 10. The van der Waals surface area contributed by atoms with Crippen LogP contribution in [0.15, 0.2) is 36.7 Å². The summed E-state index contributed by atoms with van der Waals surface area (Å²) in [7, 11) is -2.32. The van der Waals surface area contributed by atoms with E-state index in [2.05, 4.69) is 15.6 Å². The molecule has 1 aliphatic carbocycles. The van der Waals surface area contributed by atoms with Crippen LogP contribution >= 0.6 is 11.6 Å². The van der Waals surface area contributed by atoms with E-state index in [0.717, 1.165) is 19.7 Å². The first-order chi connectivity index (χ1) is 22.8. The average Bonchev–Trinajstić information content (AvgIpc) is 3.16. The predicted octanol–water partition coefficient (Wildman–Crippen LogP) is 5.56. The molecule has 0 radical (unpaired) electrons. The largest absolute Gasteiger partial charge is 0.453 e. The molecule has 1 unspecified atom stereocenters. The molecule has 3 aliphatic rings. The number of carbonyl (C=O) groups is 2. The molecule has 2 bridgehead atoms. The maximum atomic E-state index is 15.4. The maximum absolute atomic E-state index is 15.4. The molecule has 15 heteroatoms. The van der Waals surface area contributed by atoms with E-state index in [1.807, 2.05) is 0 Å². The van der Waals surface area contributed by atoms with E-state index in [9.17, 15) is 31.2 Å². The number of piperazine rings is 1. The molecule has 1 amide bonds. The fraction of sp³-hybridized carbons (Fsp3) is 0.606. The zero-order valence-corrected chi connectivity index (χ0v) is 28.2. The first-order valence-electron chi connectivity index (χ1n) is 16.3. The summed E-state index contributed by atoms with van der Waals surface area (Å²) in [4.78, 5) is 30.8. The number of amides is 1. The Morgan fingerprint density at radius 2 is 1.83 bits per heavy atom. The van der Waals surface area contributed by atoms with Gasteiger partial charge in [-0.3, -0.25) is 9.78 Å². The third kappa shape index (κ3) is 8.67. The molecule has 1 aromatic heterocycles. The van der Waals surface area contributed by atoms with Crippen LogP contribution in [0, 0.1) is 17.7 Å². The molecule has 2 saturated heterocycles. The number of Topliss-reactive ketones (excluding diaryl/α,β-unsaturated/α-hetero) is 1. The van der Waals surface area contributed by atoms with E-state index in [0.29, 0.717) is 36.5 Å². The van der Waals surface area contributed by atoms with E-state index in [4.69, 9.17) is 16.3 Å². The molecule has 3 heterocycles. The lowest BCUT2D eigenvalue weighted by atomic mass is 9.69. The number of alkyl halides is 3. The number of hydrogen-bond donors (Lipinski definition) is 2. The summed E-state index contributed by atoms with van der Waals surface area (Å²) in [6.07, 6.45) is -1.23. The van der Waals surface area contributed by atoms with Gasteiger partial charge in [0.1, 0.15) is 5.82 Å². The molecule has 5 rings (SSSR count). The Morgan fingerprint density at radius 1 is 1.12 bits per heavy atom. The van der Waals surface area contributed by atoms with Gasteiger partial charge in [0.2, 0.25) is 10.0 Å². The van der Waals surface area contributed by atoms with Crippen molar-refractivity contribution >= 4 is 33.5 Å². The topological polar surface area (TPSA) is 118 Å². The number of benzene rings is 1. The summed E-state index contributed by atoms with van der Waals surface area (Å²) < 4.78 is 88.3. The zero-order chi connectivity index (χ0) is 34.6. The summed E-state index contributed by atoms with van der Waals surface area (Å²) >= 11 is 6.13. The van der Waals surface area contributed by atoms with Crippen LogP contribution < -0.4 is 10.6 Å². The predicted molar refractivity (Wildman–Crippen MR) is 172 cm³/mol. The first-order valence-corrected chi connectivity index (χ1v) is 18.3. The van der Waals surface area contributed by atoms with Gasteiger partial charge in [-0.25, -0.2) is 17.6 Å². The minimum absolute atomic E-state index is 0.0618. The van der Waals surface area contributed by atoms with Crippen molar-refractivity contribution in [3.63, 3.8) is 0 Å². The van der Waals surface area contributed by atoms with Gasteiger partial charge in [-0.05, 0) is 86.1 Å². The van der Waals surface area contributed by atoms with Crippen molar-refractivity contribution in [2.45, 2.75) is 88.0 Å². The number of ketones is 1. The van der Waals surface area contributed by atoms with E-state index in [1.54, 1.807) is 24.3 Å². The molecule has 2 aromatic rings. The number of ether oxygens (including phenoxy) is 1. The normalized spacial score (nSPS) is 26.9. The van der Waals surface area contributed by atoms with E-state index < -0.39 is 57.8 Å². The van der Waals surface area contributed by atoms with Crippen LogP contribution in [0.3, 0.4) is 0 Å².